The maximum absolute atomic E-state index is 13.7. The van der Waals surface area contributed by atoms with Gasteiger partial charge in [0.2, 0.25) is 10.0 Å². The second-order valence-corrected chi connectivity index (χ2v) is 14.8. The van der Waals surface area contributed by atoms with Crippen molar-refractivity contribution >= 4 is 38.5 Å². The lowest BCUT2D eigenvalue weighted by molar-refractivity contribution is -0.138. The molecule has 0 atom stereocenters. The highest BCUT2D eigenvalue weighted by atomic mass is 35.5. The molecule has 0 saturated heterocycles. The summed E-state index contributed by atoms with van der Waals surface area (Å²) in [6, 6.07) is 36.8. The minimum absolute atomic E-state index is 0.0650. The molecule has 2 N–H and O–H groups in total. The van der Waals surface area contributed by atoms with Crippen LogP contribution < -0.4 is 4.72 Å². The molecule has 0 aliphatic carbocycles. The Balaban J connectivity index is 1.41. The standard InChI is InChI=1S/C41H36ClF3N2O4S/c42-33-21-22-37-35(26-33)34(19-10-12-28-11-9-18-31(25-28)40(48)49)38(47(37)39(29-13-3-1-4-14-29)30-15-5-2-6-16-30)23-24-46-52(50,51)27-32-17-7-8-20-36(32)41(43,44)45/h1-9,11,13-18,20-22,25-26,39,46H,10,12,19,23-24,27H2,(H,48,49). The van der Waals surface area contributed by atoms with Crippen LogP contribution in [-0.2, 0) is 41.2 Å². The van der Waals surface area contributed by atoms with E-state index in [-0.39, 0.29) is 30.1 Å². The molecule has 268 valence electrons. The summed E-state index contributed by atoms with van der Waals surface area (Å²) in [5.41, 5.74) is 4.49. The van der Waals surface area contributed by atoms with Crippen molar-refractivity contribution in [1.82, 2.24) is 9.29 Å². The van der Waals surface area contributed by atoms with E-state index in [1.165, 1.54) is 18.2 Å². The molecule has 6 nitrogen and oxygen atoms in total. The molecule has 11 heteroatoms. The number of benzene rings is 5. The summed E-state index contributed by atoms with van der Waals surface area (Å²) < 4.78 is 72.4. The molecule has 0 amide bonds. The molecule has 52 heavy (non-hydrogen) atoms. The van der Waals surface area contributed by atoms with Gasteiger partial charge in [-0.3, -0.25) is 0 Å². The van der Waals surface area contributed by atoms with Gasteiger partial charge in [0.15, 0.2) is 0 Å². The van der Waals surface area contributed by atoms with Gasteiger partial charge in [-0.2, -0.15) is 13.2 Å². The number of carboxylic acid groups (broad SMARTS) is 1. The van der Waals surface area contributed by atoms with Crippen molar-refractivity contribution < 1.29 is 31.5 Å². The number of hydrogen-bond acceptors (Lipinski definition) is 3. The van der Waals surface area contributed by atoms with Crippen LogP contribution >= 0.6 is 11.6 Å². The summed E-state index contributed by atoms with van der Waals surface area (Å²) >= 11 is 6.59. The van der Waals surface area contributed by atoms with Crippen molar-refractivity contribution in [3.8, 4) is 0 Å². The maximum Gasteiger partial charge on any atom is 0.416 e. The van der Waals surface area contributed by atoms with E-state index in [2.05, 4.69) is 9.29 Å². The molecule has 0 radical (unpaired) electrons. The number of fused-ring (bicyclic) bond motifs is 1. The molecule has 0 spiro atoms. The third-order valence-electron chi connectivity index (χ3n) is 9.09. The fourth-order valence-electron chi connectivity index (χ4n) is 6.85. The van der Waals surface area contributed by atoms with Crippen LogP contribution in [0.4, 0.5) is 13.2 Å². The highest BCUT2D eigenvalue weighted by Gasteiger charge is 2.34. The van der Waals surface area contributed by atoms with Gasteiger partial charge in [0, 0.05) is 34.6 Å². The van der Waals surface area contributed by atoms with Crippen molar-refractivity contribution in [1.29, 1.82) is 0 Å². The molecule has 0 fully saturated rings. The second-order valence-electron chi connectivity index (χ2n) is 12.6. The Bertz CT molecular complexity index is 2250. The summed E-state index contributed by atoms with van der Waals surface area (Å²) in [6.45, 7) is -0.0650. The number of aryl methyl sites for hydroxylation is 2. The summed E-state index contributed by atoms with van der Waals surface area (Å²) in [4.78, 5) is 11.6. The molecule has 1 aromatic heterocycles. The first-order chi connectivity index (χ1) is 24.9. The van der Waals surface area contributed by atoms with Crippen molar-refractivity contribution in [3.05, 3.63) is 177 Å². The van der Waals surface area contributed by atoms with E-state index in [4.69, 9.17) is 11.6 Å². The average molecular weight is 745 g/mol. The van der Waals surface area contributed by atoms with Gasteiger partial charge in [0.25, 0.3) is 0 Å². The van der Waals surface area contributed by atoms with Gasteiger partial charge in [-0.1, -0.05) is 103 Å². The van der Waals surface area contributed by atoms with Crippen LogP contribution in [0.1, 0.15) is 61.9 Å². The van der Waals surface area contributed by atoms with Gasteiger partial charge in [-0.05, 0) is 83.5 Å². The van der Waals surface area contributed by atoms with Crippen LogP contribution in [0.2, 0.25) is 5.02 Å². The van der Waals surface area contributed by atoms with Gasteiger partial charge in [0.1, 0.15) is 0 Å². The number of nitrogens with zero attached hydrogens (tertiary/aromatic N) is 1. The fraction of sp³-hybridized carbons (Fsp3) is 0.195. The highest BCUT2D eigenvalue weighted by molar-refractivity contribution is 7.88. The highest BCUT2D eigenvalue weighted by Crippen LogP contribution is 2.38. The summed E-state index contributed by atoms with van der Waals surface area (Å²) in [7, 11) is -4.17. The van der Waals surface area contributed by atoms with Crippen molar-refractivity contribution in [2.45, 2.75) is 43.7 Å². The first-order valence-corrected chi connectivity index (χ1v) is 18.8. The topological polar surface area (TPSA) is 88.4 Å². The van der Waals surface area contributed by atoms with Crippen molar-refractivity contribution in [2.75, 3.05) is 6.54 Å². The fourth-order valence-corrected chi connectivity index (χ4v) is 8.19. The Morgan fingerprint density at radius 1 is 0.788 bits per heavy atom. The number of hydrogen-bond donors (Lipinski definition) is 2. The molecule has 0 bridgehead atoms. The Labute approximate surface area is 305 Å². The van der Waals surface area contributed by atoms with E-state index in [1.54, 1.807) is 18.2 Å². The third-order valence-corrected chi connectivity index (χ3v) is 10.7. The van der Waals surface area contributed by atoms with Crippen LogP contribution in [0.25, 0.3) is 10.9 Å². The van der Waals surface area contributed by atoms with Crippen LogP contribution in [-0.4, -0.2) is 30.6 Å². The molecule has 0 aliphatic heterocycles. The molecule has 6 aromatic rings. The molecular weight excluding hydrogens is 709 g/mol. The average Bonchev–Trinajstić information content (AvgIpc) is 3.40. The summed E-state index contributed by atoms with van der Waals surface area (Å²) in [6.07, 6.45) is -2.64. The molecular formula is C41H36ClF3N2O4S. The Morgan fingerprint density at radius 2 is 1.44 bits per heavy atom. The van der Waals surface area contributed by atoms with Crippen LogP contribution in [0.3, 0.4) is 0 Å². The number of nitrogens with one attached hydrogen (secondary N) is 1. The lowest BCUT2D eigenvalue weighted by atomic mass is 9.97. The van der Waals surface area contributed by atoms with E-state index in [1.807, 2.05) is 84.9 Å². The van der Waals surface area contributed by atoms with Crippen molar-refractivity contribution in [3.63, 3.8) is 0 Å². The quantitative estimate of drug-likeness (QED) is 0.116. The monoisotopic (exact) mass is 744 g/mol. The predicted molar refractivity (Wildman–Crippen MR) is 198 cm³/mol. The number of aromatic carboxylic acids is 1. The number of carbonyl (C=O) groups is 1. The first kappa shape index (κ1) is 36.9. The number of sulfonamides is 1. The Kier molecular flexibility index (Phi) is 11.2. The Hall–Kier alpha value is -4.90. The van der Waals surface area contributed by atoms with E-state index in [0.29, 0.717) is 24.3 Å². The van der Waals surface area contributed by atoms with Crippen LogP contribution in [0.15, 0.2) is 127 Å². The molecule has 0 saturated carbocycles. The smallest absolute Gasteiger partial charge is 0.416 e. The zero-order valence-electron chi connectivity index (χ0n) is 28.0. The van der Waals surface area contributed by atoms with Gasteiger partial charge < -0.3 is 9.67 Å². The SMILES string of the molecule is O=C(O)c1cccc(CCCc2c(CCNS(=O)(=O)Cc3ccccc3C(F)(F)F)n(C(c3ccccc3)c3ccccc3)c3ccc(Cl)cc23)c1. The van der Waals surface area contributed by atoms with E-state index < -0.39 is 33.5 Å². The molecule has 0 aliphatic rings. The van der Waals surface area contributed by atoms with Gasteiger partial charge in [-0.25, -0.2) is 17.9 Å². The minimum Gasteiger partial charge on any atom is -0.478 e. The minimum atomic E-state index is -4.69. The lowest BCUT2D eigenvalue weighted by Gasteiger charge is -2.25. The van der Waals surface area contributed by atoms with Crippen LogP contribution in [0, 0.1) is 0 Å². The zero-order chi connectivity index (χ0) is 36.9. The summed E-state index contributed by atoms with van der Waals surface area (Å²) in [5.74, 6) is -1.82. The first-order valence-electron chi connectivity index (χ1n) is 16.8. The van der Waals surface area contributed by atoms with Gasteiger partial charge in [0.05, 0.1) is 22.9 Å². The Morgan fingerprint density at radius 3 is 2.10 bits per heavy atom. The van der Waals surface area contributed by atoms with Gasteiger partial charge >= 0.3 is 12.1 Å². The van der Waals surface area contributed by atoms with E-state index >= 15 is 0 Å². The lowest BCUT2D eigenvalue weighted by Crippen LogP contribution is -2.29. The number of aromatic nitrogens is 1. The number of halogens is 4. The predicted octanol–water partition coefficient (Wildman–Crippen LogP) is 9.49. The van der Waals surface area contributed by atoms with E-state index in [0.717, 1.165) is 44.9 Å². The molecule has 5 aromatic carbocycles. The molecule has 0 unspecified atom stereocenters. The number of rotatable bonds is 14. The largest absolute Gasteiger partial charge is 0.478 e. The molecule has 1 heterocycles. The number of alkyl halides is 3. The molecule has 6 rings (SSSR count). The zero-order valence-corrected chi connectivity index (χ0v) is 29.6. The summed E-state index contributed by atoms with van der Waals surface area (Å²) in [5, 5.41) is 10.9. The van der Waals surface area contributed by atoms with Crippen LogP contribution in [0.5, 0.6) is 0 Å². The van der Waals surface area contributed by atoms with Crippen molar-refractivity contribution in [2.24, 2.45) is 0 Å². The second kappa shape index (κ2) is 15.8. The third kappa shape index (κ3) is 8.58. The van der Waals surface area contributed by atoms with Gasteiger partial charge in [-0.15, -0.1) is 0 Å². The number of carboxylic acids is 1. The van der Waals surface area contributed by atoms with E-state index in [9.17, 15) is 31.5 Å². The normalized spacial score (nSPS) is 12.1. The maximum atomic E-state index is 13.7.